The van der Waals surface area contributed by atoms with Crippen molar-refractivity contribution < 1.29 is 9.59 Å². The molecule has 0 saturated carbocycles. The Bertz CT molecular complexity index is 1070. The number of hydrogen-bond acceptors (Lipinski definition) is 6. The Morgan fingerprint density at radius 3 is 2.52 bits per heavy atom. The summed E-state index contributed by atoms with van der Waals surface area (Å²) < 4.78 is 1.80. The van der Waals surface area contributed by atoms with E-state index in [-0.39, 0.29) is 24.7 Å². The summed E-state index contributed by atoms with van der Waals surface area (Å²) in [5.41, 5.74) is 4.51. The fourth-order valence-corrected chi connectivity index (χ4v) is 3.75. The number of hydrogen-bond donors (Lipinski definition) is 0. The molecule has 0 aromatic carbocycles. The Labute approximate surface area is 181 Å². The summed E-state index contributed by atoms with van der Waals surface area (Å²) in [6.07, 6.45) is 7.41. The molecule has 3 aromatic rings. The summed E-state index contributed by atoms with van der Waals surface area (Å²) >= 11 is 0. The van der Waals surface area contributed by atoms with Gasteiger partial charge in [0.1, 0.15) is 0 Å². The number of aryl methyl sites for hydroxylation is 1. The molecule has 1 amide bonds. The number of rotatable bonds is 6. The molecule has 160 valence electrons. The molecular weight excluding hydrogens is 392 g/mol. The van der Waals surface area contributed by atoms with Crippen LogP contribution in [0.25, 0.3) is 11.3 Å². The van der Waals surface area contributed by atoms with Crippen molar-refractivity contribution in [3.63, 3.8) is 0 Å². The molecule has 0 unspecified atom stereocenters. The minimum Gasteiger partial charge on any atom is -0.367 e. The molecule has 8 heteroatoms. The van der Waals surface area contributed by atoms with Gasteiger partial charge in [0, 0.05) is 62.4 Å². The first-order valence-electron chi connectivity index (χ1n) is 10.4. The number of carbonyl (C=O) groups is 2. The van der Waals surface area contributed by atoms with Gasteiger partial charge in [-0.2, -0.15) is 0 Å². The van der Waals surface area contributed by atoms with Gasteiger partial charge in [0.05, 0.1) is 36.9 Å². The quantitative estimate of drug-likeness (QED) is 0.610. The van der Waals surface area contributed by atoms with Gasteiger partial charge in [-0.15, -0.1) is 0 Å². The molecule has 0 N–H and O–H groups in total. The van der Waals surface area contributed by atoms with Crippen LogP contribution in [0.15, 0.2) is 49.2 Å². The van der Waals surface area contributed by atoms with Crippen molar-refractivity contribution >= 4 is 17.4 Å². The highest BCUT2D eigenvalue weighted by Gasteiger charge is 2.19. The molecule has 8 nitrogen and oxygen atoms in total. The SMILES string of the molecule is CC(=O)N1CCN(c2ccc(CC(=O)Cn3cnc(-c4ccnc(C)c4)c3)nc2)CC1. The van der Waals surface area contributed by atoms with Gasteiger partial charge in [-0.05, 0) is 31.2 Å². The zero-order valence-electron chi connectivity index (χ0n) is 17.9. The molecule has 1 fully saturated rings. The van der Waals surface area contributed by atoms with E-state index in [9.17, 15) is 9.59 Å². The summed E-state index contributed by atoms with van der Waals surface area (Å²) in [5.74, 6) is 0.192. The maximum atomic E-state index is 12.5. The van der Waals surface area contributed by atoms with E-state index in [0.29, 0.717) is 0 Å². The second-order valence-corrected chi connectivity index (χ2v) is 7.83. The average molecular weight is 419 g/mol. The van der Waals surface area contributed by atoms with E-state index in [4.69, 9.17) is 0 Å². The molecule has 0 atom stereocenters. The molecule has 4 rings (SSSR count). The van der Waals surface area contributed by atoms with Crippen LogP contribution in [0.1, 0.15) is 18.3 Å². The monoisotopic (exact) mass is 418 g/mol. The number of pyridine rings is 2. The van der Waals surface area contributed by atoms with Crippen LogP contribution in [-0.4, -0.2) is 62.3 Å². The Morgan fingerprint density at radius 1 is 1.03 bits per heavy atom. The fraction of sp³-hybridized carbons (Fsp3) is 0.348. The summed E-state index contributed by atoms with van der Waals surface area (Å²) in [7, 11) is 0. The molecule has 4 heterocycles. The van der Waals surface area contributed by atoms with Crippen molar-refractivity contribution in [3.05, 3.63) is 60.6 Å². The Morgan fingerprint density at radius 2 is 1.84 bits per heavy atom. The van der Waals surface area contributed by atoms with E-state index in [0.717, 1.165) is 54.5 Å². The third-order valence-electron chi connectivity index (χ3n) is 5.46. The van der Waals surface area contributed by atoms with Crippen molar-refractivity contribution in [1.82, 2.24) is 24.4 Å². The van der Waals surface area contributed by atoms with Gasteiger partial charge in [-0.3, -0.25) is 19.6 Å². The van der Waals surface area contributed by atoms with Crippen molar-refractivity contribution in [2.45, 2.75) is 26.8 Å². The third-order valence-corrected chi connectivity index (χ3v) is 5.46. The zero-order chi connectivity index (χ0) is 21.8. The smallest absolute Gasteiger partial charge is 0.219 e. The fourth-order valence-electron chi connectivity index (χ4n) is 3.75. The molecule has 0 aliphatic carbocycles. The van der Waals surface area contributed by atoms with Crippen LogP contribution < -0.4 is 4.90 Å². The first kappa shape index (κ1) is 20.7. The number of anilines is 1. The van der Waals surface area contributed by atoms with Crippen LogP contribution in [0.3, 0.4) is 0 Å². The van der Waals surface area contributed by atoms with E-state index < -0.39 is 0 Å². The first-order chi connectivity index (χ1) is 15.0. The lowest BCUT2D eigenvalue weighted by molar-refractivity contribution is -0.129. The van der Waals surface area contributed by atoms with Crippen LogP contribution in [0.4, 0.5) is 5.69 Å². The minimum atomic E-state index is 0.0742. The van der Waals surface area contributed by atoms with Crippen molar-refractivity contribution in [2.75, 3.05) is 31.1 Å². The van der Waals surface area contributed by atoms with Crippen molar-refractivity contribution in [1.29, 1.82) is 0 Å². The lowest BCUT2D eigenvalue weighted by Crippen LogP contribution is -2.48. The molecule has 31 heavy (non-hydrogen) atoms. The molecule has 1 aliphatic heterocycles. The van der Waals surface area contributed by atoms with Gasteiger partial charge in [0.2, 0.25) is 5.91 Å². The summed E-state index contributed by atoms with van der Waals surface area (Å²) in [6.45, 7) is 6.83. The number of amides is 1. The highest BCUT2D eigenvalue weighted by atomic mass is 16.2. The number of Topliss-reactive ketones (excluding diaryl/α,β-unsaturated/α-hetero) is 1. The Kier molecular flexibility index (Phi) is 6.06. The van der Waals surface area contributed by atoms with E-state index in [2.05, 4.69) is 19.9 Å². The van der Waals surface area contributed by atoms with E-state index >= 15 is 0 Å². The summed E-state index contributed by atoms with van der Waals surface area (Å²) in [6, 6.07) is 7.79. The standard InChI is InChI=1S/C23H26N6O2/c1-17-11-19(5-6-24-17)23-15-27(16-26-23)14-22(31)12-20-3-4-21(13-25-20)29-9-7-28(8-10-29)18(2)30/h3-6,11,13,15-16H,7-10,12,14H2,1-2H3. The van der Waals surface area contributed by atoms with Gasteiger partial charge < -0.3 is 14.4 Å². The number of imidazole rings is 1. The molecule has 0 bridgehead atoms. The topological polar surface area (TPSA) is 84.2 Å². The Hall–Kier alpha value is -3.55. The van der Waals surface area contributed by atoms with Crippen molar-refractivity contribution in [3.8, 4) is 11.3 Å². The van der Waals surface area contributed by atoms with Crippen molar-refractivity contribution in [2.24, 2.45) is 0 Å². The molecular formula is C23H26N6O2. The first-order valence-corrected chi connectivity index (χ1v) is 10.4. The number of nitrogens with zero attached hydrogens (tertiary/aromatic N) is 6. The van der Waals surface area contributed by atoms with E-state index in [1.807, 2.05) is 48.5 Å². The second-order valence-electron chi connectivity index (χ2n) is 7.83. The maximum absolute atomic E-state index is 12.5. The predicted molar refractivity (Wildman–Crippen MR) is 118 cm³/mol. The average Bonchev–Trinajstić information content (AvgIpc) is 3.23. The Balaban J connectivity index is 1.32. The maximum Gasteiger partial charge on any atom is 0.219 e. The van der Waals surface area contributed by atoms with Crippen LogP contribution in [0.2, 0.25) is 0 Å². The highest BCUT2D eigenvalue weighted by molar-refractivity contribution is 5.80. The van der Waals surface area contributed by atoms with Crippen LogP contribution in [-0.2, 0) is 22.6 Å². The van der Waals surface area contributed by atoms with Gasteiger partial charge in [-0.1, -0.05) is 0 Å². The lowest BCUT2D eigenvalue weighted by Gasteiger charge is -2.35. The second kappa shape index (κ2) is 9.07. The lowest BCUT2D eigenvalue weighted by atomic mass is 10.2. The summed E-state index contributed by atoms with van der Waals surface area (Å²) in [5, 5.41) is 0. The largest absolute Gasteiger partial charge is 0.367 e. The summed E-state index contributed by atoms with van der Waals surface area (Å²) in [4.78, 5) is 41.1. The van der Waals surface area contributed by atoms with Crippen LogP contribution in [0.5, 0.6) is 0 Å². The van der Waals surface area contributed by atoms with Crippen LogP contribution in [0, 0.1) is 6.92 Å². The number of ketones is 1. The molecule has 1 aliphatic rings. The molecule has 3 aromatic heterocycles. The number of piperazine rings is 1. The number of aromatic nitrogens is 4. The van der Waals surface area contributed by atoms with Gasteiger partial charge in [0.25, 0.3) is 0 Å². The predicted octanol–water partition coefficient (Wildman–Crippen LogP) is 2.13. The third kappa shape index (κ3) is 5.14. The van der Waals surface area contributed by atoms with Gasteiger partial charge in [0.15, 0.2) is 5.78 Å². The number of carbonyl (C=O) groups excluding carboxylic acids is 2. The molecule has 0 radical (unpaired) electrons. The normalized spacial score (nSPS) is 14.0. The van der Waals surface area contributed by atoms with Crippen LogP contribution >= 0.6 is 0 Å². The van der Waals surface area contributed by atoms with E-state index in [1.165, 1.54) is 0 Å². The zero-order valence-corrected chi connectivity index (χ0v) is 17.9. The molecule has 0 spiro atoms. The minimum absolute atomic E-state index is 0.0742. The highest BCUT2D eigenvalue weighted by Crippen LogP contribution is 2.18. The van der Waals surface area contributed by atoms with E-state index in [1.54, 1.807) is 24.0 Å². The molecule has 1 saturated heterocycles. The van der Waals surface area contributed by atoms with Gasteiger partial charge in [-0.25, -0.2) is 4.98 Å². The van der Waals surface area contributed by atoms with Gasteiger partial charge >= 0.3 is 0 Å².